The lowest BCUT2D eigenvalue weighted by atomic mass is 9.87. The van der Waals surface area contributed by atoms with Crippen molar-refractivity contribution in [3.05, 3.63) is 93.2 Å². The summed E-state index contributed by atoms with van der Waals surface area (Å²) in [6.45, 7) is 6.27. The number of benzene rings is 2. The smallest absolute Gasteiger partial charge is 0.300 e. The molecule has 0 aliphatic carbocycles. The molecule has 1 amide bonds. The molecule has 1 atom stereocenters. The van der Waals surface area contributed by atoms with Crippen LogP contribution in [0.4, 0.5) is 5.69 Å². The van der Waals surface area contributed by atoms with E-state index in [0.717, 1.165) is 5.56 Å². The number of amides is 1. The molecular weight excluding hydrogens is 487 g/mol. The number of aliphatic hydroxyl groups is 1. The fourth-order valence-corrected chi connectivity index (χ4v) is 4.70. The second-order valence-corrected chi connectivity index (χ2v) is 10.0. The normalized spacial score (nSPS) is 17.7. The molecule has 1 aliphatic rings. The monoisotopic (exact) mass is 510 g/mol. The van der Waals surface area contributed by atoms with Crippen LogP contribution in [0.2, 0.25) is 10.0 Å². The Morgan fingerprint density at radius 1 is 1.06 bits per heavy atom. The highest BCUT2D eigenvalue weighted by Crippen LogP contribution is 2.44. The minimum Gasteiger partial charge on any atom is -0.507 e. The summed E-state index contributed by atoms with van der Waals surface area (Å²) in [5, 5.41) is 11.8. The Bertz CT molecular complexity index is 1330. The van der Waals surface area contributed by atoms with Crippen molar-refractivity contribution < 1.29 is 19.4 Å². The Labute approximate surface area is 213 Å². The summed E-state index contributed by atoms with van der Waals surface area (Å²) in [6.07, 6.45) is 1.56. The summed E-state index contributed by atoms with van der Waals surface area (Å²) in [6, 6.07) is 14.5. The van der Waals surface area contributed by atoms with Crippen LogP contribution >= 0.6 is 23.2 Å². The number of aromatic nitrogens is 1. The fraction of sp³-hybridized carbons (Fsp3) is 0.222. The maximum atomic E-state index is 13.3. The average Bonchev–Trinajstić information content (AvgIpc) is 3.08. The number of Topliss-reactive ketones (excluding diaryl/α,β-unsaturated/α-hetero) is 1. The first-order valence-electron chi connectivity index (χ1n) is 10.9. The second kappa shape index (κ2) is 9.36. The molecule has 1 unspecified atom stereocenters. The number of carbonyl (C=O) groups is 2. The van der Waals surface area contributed by atoms with Crippen molar-refractivity contribution in [1.82, 2.24) is 4.98 Å². The van der Waals surface area contributed by atoms with Crippen molar-refractivity contribution in [2.45, 2.75) is 32.2 Å². The number of ketones is 1. The number of rotatable bonds is 4. The molecule has 8 heteroatoms. The first kappa shape index (κ1) is 24.8. The second-order valence-electron chi connectivity index (χ2n) is 9.19. The van der Waals surface area contributed by atoms with E-state index >= 15 is 0 Å². The molecule has 1 N–H and O–H groups in total. The van der Waals surface area contributed by atoms with E-state index in [1.807, 2.05) is 12.1 Å². The van der Waals surface area contributed by atoms with Crippen molar-refractivity contribution in [2.75, 3.05) is 12.0 Å². The van der Waals surface area contributed by atoms with Crippen LogP contribution in [0.15, 0.2) is 66.4 Å². The Balaban J connectivity index is 1.95. The number of methoxy groups -OCH3 is 1. The van der Waals surface area contributed by atoms with Gasteiger partial charge >= 0.3 is 0 Å². The predicted molar refractivity (Wildman–Crippen MR) is 137 cm³/mol. The van der Waals surface area contributed by atoms with Crippen LogP contribution in [-0.2, 0) is 15.0 Å². The highest BCUT2D eigenvalue weighted by atomic mass is 35.5. The third-order valence-electron chi connectivity index (χ3n) is 5.89. The molecule has 2 aromatic carbocycles. The Morgan fingerprint density at radius 3 is 2.31 bits per heavy atom. The number of carbonyl (C=O) groups excluding carboxylic acids is 2. The van der Waals surface area contributed by atoms with Gasteiger partial charge in [-0.1, -0.05) is 62.2 Å². The number of anilines is 1. The van der Waals surface area contributed by atoms with E-state index in [9.17, 15) is 14.7 Å². The molecule has 180 valence electrons. The molecular formula is C27H24Cl2N2O4. The quantitative estimate of drug-likeness (QED) is 0.252. The summed E-state index contributed by atoms with van der Waals surface area (Å²) in [4.78, 5) is 32.4. The van der Waals surface area contributed by atoms with Crippen LogP contribution in [0.1, 0.15) is 43.6 Å². The zero-order chi connectivity index (χ0) is 25.5. The number of aliphatic hydroxyl groups excluding tert-OH is 1. The first-order valence-corrected chi connectivity index (χ1v) is 11.7. The van der Waals surface area contributed by atoms with Gasteiger partial charge in [-0.2, -0.15) is 0 Å². The molecule has 0 saturated carbocycles. The third kappa shape index (κ3) is 4.51. The molecule has 1 aliphatic heterocycles. The van der Waals surface area contributed by atoms with E-state index < -0.39 is 23.5 Å². The van der Waals surface area contributed by atoms with Gasteiger partial charge in [-0.05, 0) is 47.4 Å². The lowest BCUT2D eigenvalue weighted by molar-refractivity contribution is -0.132. The number of hydrogen-bond donors (Lipinski definition) is 1. The van der Waals surface area contributed by atoms with Gasteiger partial charge in [-0.25, -0.2) is 0 Å². The van der Waals surface area contributed by atoms with Gasteiger partial charge in [0.05, 0.1) is 29.0 Å². The number of halogens is 2. The van der Waals surface area contributed by atoms with E-state index in [1.54, 1.807) is 36.5 Å². The van der Waals surface area contributed by atoms with E-state index in [-0.39, 0.29) is 32.3 Å². The van der Waals surface area contributed by atoms with E-state index in [1.165, 1.54) is 24.1 Å². The van der Waals surface area contributed by atoms with Crippen LogP contribution < -0.4 is 9.64 Å². The molecule has 35 heavy (non-hydrogen) atoms. The SMILES string of the molecule is COc1c(Cl)cc(Cl)cc1/C(O)=C1\C(=O)C(=O)N(c2ccc(C(C)(C)C)cc2)C1c1ccccn1. The molecule has 0 bridgehead atoms. The van der Waals surface area contributed by atoms with Crippen molar-refractivity contribution in [1.29, 1.82) is 0 Å². The molecule has 1 fully saturated rings. The number of ether oxygens (including phenoxy) is 1. The fourth-order valence-electron chi connectivity index (χ4n) is 4.13. The summed E-state index contributed by atoms with van der Waals surface area (Å²) in [7, 11) is 1.39. The highest BCUT2D eigenvalue weighted by Gasteiger charge is 2.48. The number of nitrogens with zero attached hydrogens (tertiary/aromatic N) is 2. The van der Waals surface area contributed by atoms with Gasteiger partial charge in [-0.15, -0.1) is 0 Å². The zero-order valence-corrected chi connectivity index (χ0v) is 21.2. The van der Waals surface area contributed by atoms with Crippen LogP contribution in [0.5, 0.6) is 5.75 Å². The van der Waals surface area contributed by atoms with Crippen LogP contribution in [0.25, 0.3) is 5.76 Å². The van der Waals surface area contributed by atoms with Gasteiger partial charge in [0.1, 0.15) is 17.6 Å². The van der Waals surface area contributed by atoms with E-state index in [0.29, 0.717) is 11.4 Å². The minimum atomic E-state index is -0.973. The van der Waals surface area contributed by atoms with Crippen molar-refractivity contribution >= 4 is 46.3 Å². The Kier molecular flexibility index (Phi) is 6.62. The predicted octanol–water partition coefficient (Wildman–Crippen LogP) is 6.32. The highest BCUT2D eigenvalue weighted by molar-refractivity contribution is 6.51. The van der Waals surface area contributed by atoms with E-state index in [4.69, 9.17) is 27.9 Å². The first-order chi connectivity index (χ1) is 16.5. The number of pyridine rings is 1. The molecule has 2 heterocycles. The summed E-state index contributed by atoms with van der Waals surface area (Å²) in [5.74, 6) is -1.95. The molecule has 1 aromatic heterocycles. The van der Waals surface area contributed by atoms with Gasteiger partial charge in [-0.3, -0.25) is 19.5 Å². The summed E-state index contributed by atoms with van der Waals surface area (Å²) in [5.41, 5.74) is 1.88. The molecule has 0 spiro atoms. The lowest BCUT2D eigenvalue weighted by Gasteiger charge is -2.26. The van der Waals surface area contributed by atoms with Crippen molar-refractivity contribution in [3.63, 3.8) is 0 Å². The molecule has 1 saturated heterocycles. The molecule has 0 radical (unpaired) electrons. The summed E-state index contributed by atoms with van der Waals surface area (Å²) >= 11 is 12.4. The van der Waals surface area contributed by atoms with Gasteiger partial charge in [0.15, 0.2) is 0 Å². The Hall–Kier alpha value is -3.35. The van der Waals surface area contributed by atoms with Gasteiger partial charge in [0.25, 0.3) is 11.7 Å². The molecule has 3 aromatic rings. The number of hydrogen-bond acceptors (Lipinski definition) is 5. The minimum absolute atomic E-state index is 0.0878. The van der Waals surface area contributed by atoms with Gasteiger partial charge in [0.2, 0.25) is 0 Å². The van der Waals surface area contributed by atoms with Crippen molar-refractivity contribution in [3.8, 4) is 5.75 Å². The van der Waals surface area contributed by atoms with Crippen LogP contribution in [0.3, 0.4) is 0 Å². The van der Waals surface area contributed by atoms with E-state index in [2.05, 4.69) is 25.8 Å². The Morgan fingerprint density at radius 2 is 1.74 bits per heavy atom. The topological polar surface area (TPSA) is 79.7 Å². The lowest BCUT2D eigenvalue weighted by Crippen LogP contribution is -2.30. The summed E-state index contributed by atoms with van der Waals surface area (Å²) < 4.78 is 5.36. The van der Waals surface area contributed by atoms with Gasteiger partial charge < -0.3 is 9.84 Å². The standard InChI is InChI=1S/C27H24Cl2N2O4/c1-27(2,3)15-8-10-17(11-9-15)31-22(20-7-5-6-12-30-20)21(24(33)26(31)34)23(32)18-13-16(28)14-19(29)25(18)35-4/h5-14,22,32H,1-4H3/b23-21+. The molecule has 6 nitrogen and oxygen atoms in total. The molecule has 4 rings (SSSR count). The van der Waals surface area contributed by atoms with Crippen molar-refractivity contribution in [2.24, 2.45) is 0 Å². The zero-order valence-electron chi connectivity index (χ0n) is 19.7. The maximum Gasteiger partial charge on any atom is 0.300 e. The maximum absolute atomic E-state index is 13.3. The third-order valence-corrected chi connectivity index (χ3v) is 6.39. The van der Waals surface area contributed by atoms with Crippen LogP contribution in [0, 0.1) is 0 Å². The van der Waals surface area contributed by atoms with Gasteiger partial charge in [0, 0.05) is 16.9 Å². The average molecular weight is 511 g/mol. The largest absolute Gasteiger partial charge is 0.507 e. The van der Waals surface area contributed by atoms with Crippen LogP contribution in [-0.4, -0.2) is 28.9 Å².